The van der Waals surface area contributed by atoms with Crippen molar-refractivity contribution in [3.63, 3.8) is 0 Å². The summed E-state index contributed by atoms with van der Waals surface area (Å²) in [7, 11) is 0. The number of hydrogen-bond donors (Lipinski definition) is 0. The van der Waals surface area contributed by atoms with Crippen molar-refractivity contribution >= 4 is 0 Å². The predicted molar refractivity (Wildman–Crippen MR) is 61.8 cm³/mol. The Bertz CT molecular complexity index is 141. The molecule has 0 aromatic carbocycles. The van der Waals surface area contributed by atoms with Crippen molar-refractivity contribution < 1.29 is 32.7 Å². The minimum absolute atomic E-state index is 0. The van der Waals surface area contributed by atoms with Crippen molar-refractivity contribution in [3.05, 3.63) is 12.8 Å². The van der Waals surface area contributed by atoms with Gasteiger partial charge in [-0.1, -0.05) is 44.9 Å². The van der Waals surface area contributed by atoms with E-state index in [0.29, 0.717) is 0 Å². The Balaban J connectivity index is 0.00000112. The average molecular weight is 281 g/mol. The van der Waals surface area contributed by atoms with Crippen LogP contribution < -0.4 is 0 Å². The van der Waals surface area contributed by atoms with Crippen LogP contribution in [0.5, 0.6) is 0 Å². The van der Waals surface area contributed by atoms with Crippen LogP contribution >= 0.6 is 0 Å². The number of rotatable bonds is 2. The second-order valence-electron chi connectivity index (χ2n) is 5.15. The molecule has 0 aromatic heterocycles. The fourth-order valence-corrected chi connectivity index (χ4v) is 3.04. The maximum atomic E-state index is 2.62. The molecule has 0 N–H and O–H groups in total. The third kappa shape index (κ3) is 5.31. The SMILES string of the molecule is [CH-]1CCCCC1CC1[CH-]CCCCC1.[Y]. The van der Waals surface area contributed by atoms with Gasteiger partial charge in [0.2, 0.25) is 0 Å². The molecule has 2 atom stereocenters. The molecule has 0 amide bonds. The van der Waals surface area contributed by atoms with E-state index >= 15 is 0 Å². The van der Waals surface area contributed by atoms with E-state index in [4.69, 9.17) is 0 Å². The van der Waals surface area contributed by atoms with Gasteiger partial charge in [-0.15, -0.1) is 6.42 Å². The second-order valence-corrected chi connectivity index (χ2v) is 5.15. The van der Waals surface area contributed by atoms with E-state index in [2.05, 4.69) is 12.8 Å². The smallest absolute Gasteiger partial charge is 0 e. The van der Waals surface area contributed by atoms with Crippen molar-refractivity contribution in [2.24, 2.45) is 11.8 Å². The minimum atomic E-state index is 0. The molecule has 2 aliphatic carbocycles. The molecule has 2 aliphatic rings. The molecule has 0 aliphatic heterocycles. The van der Waals surface area contributed by atoms with Crippen molar-refractivity contribution in [2.45, 2.75) is 64.2 Å². The van der Waals surface area contributed by atoms with Gasteiger partial charge in [0, 0.05) is 32.7 Å². The van der Waals surface area contributed by atoms with Gasteiger partial charge in [-0.25, -0.2) is 0 Å². The second kappa shape index (κ2) is 8.23. The van der Waals surface area contributed by atoms with E-state index in [1.165, 1.54) is 64.2 Å². The third-order valence-electron chi connectivity index (χ3n) is 3.91. The topological polar surface area (TPSA) is 0 Å². The average Bonchev–Trinajstić information content (AvgIpc) is 2.48. The zero-order valence-corrected chi connectivity index (χ0v) is 12.8. The normalized spacial score (nSPS) is 32.8. The molecule has 2 rings (SSSR count). The Morgan fingerprint density at radius 2 is 1.27 bits per heavy atom. The van der Waals surface area contributed by atoms with Gasteiger partial charge < -0.3 is 12.8 Å². The molecule has 0 aromatic rings. The Labute approximate surface area is 121 Å². The molecule has 2 unspecified atom stereocenters. The van der Waals surface area contributed by atoms with Gasteiger partial charge in [-0.05, 0) is 0 Å². The maximum absolute atomic E-state index is 2.62. The summed E-state index contributed by atoms with van der Waals surface area (Å²) in [5.74, 6) is 1.92. The summed E-state index contributed by atoms with van der Waals surface area (Å²) < 4.78 is 0. The van der Waals surface area contributed by atoms with Gasteiger partial charge in [-0.2, -0.15) is 24.7 Å². The van der Waals surface area contributed by atoms with E-state index in [1.807, 2.05) is 0 Å². The van der Waals surface area contributed by atoms with Gasteiger partial charge >= 0.3 is 0 Å². The standard InChI is InChI=1S/C14H24.Y/c1-2-5-9-13(8-4-1)12-14-10-6-3-7-11-14;/h8,10,13-14H,1-7,9,11-12H2;/q-2;. The first-order chi connectivity index (χ1) is 6.95. The molecule has 2 fully saturated rings. The van der Waals surface area contributed by atoms with E-state index in [-0.39, 0.29) is 32.7 Å². The quantitative estimate of drug-likeness (QED) is 0.514. The van der Waals surface area contributed by atoms with Crippen LogP contribution in [0.4, 0.5) is 0 Å². The molecular weight excluding hydrogens is 257 g/mol. The monoisotopic (exact) mass is 281 g/mol. The van der Waals surface area contributed by atoms with Gasteiger partial charge in [0.05, 0.1) is 0 Å². The molecule has 1 radical (unpaired) electrons. The Morgan fingerprint density at radius 3 is 1.93 bits per heavy atom. The first-order valence-corrected chi connectivity index (χ1v) is 6.62. The molecule has 0 nitrogen and oxygen atoms in total. The molecule has 0 saturated heterocycles. The Morgan fingerprint density at radius 1 is 0.733 bits per heavy atom. The first kappa shape index (κ1) is 14.2. The predicted octanol–water partition coefficient (Wildman–Crippen LogP) is 4.55. The summed E-state index contributed by atoms with van der Waals surface area (Å²) in [5, 5.41) is 0. The van der Waals surface area contributed by atoms with Crippen LogP contribution in [-0.4, -0.2) is 0 Å². The van der Waals surface area contributed by atoms with Crippen molar-refractivity contribution in [3.8, 4) is 0 Å². The van der Waals surface area contributed by atoms with Crippen LogP contribution in [0.25, 0.3) is 0 Å². The molecule has 0 heterocycles. The molecule has 1 heteroatoms. The van der Waals surface area contributed by atoms with Crippen LogP contribution in [0.3, 0.4) is 0 Å². The van der Waals surface area contributed by atoms with Crippen LogP contribution in [0.15, 0.2) is 0 Å². The molecular formula is C14H24Y-2. The van der Waals surface area contributed by atoms with Gasteiger partial charge in [-0.3, -0.25) is 0 Å². The summed E-state index contributed by atoms with van der Waals surface area (Å²) in [6.07, 6.45) is 19.8. The summed E-state index contributed by atoms with van der Waals surface area (Å²) >= 11 is 0. The zero-order valence-electron chi connectivity index (χ0n) is 9.96. The van der Waals surface area contributed by atoms with E-state index in [0.717, 1.165) is 11.8 Å². The Hall–Kier alpha value is 1.10. The fraction of sp³-hybridized carbons (Fsp3) is 0.857. The molecule has 2 saturated carbocycles. The largest absolute Gasteiger partial charge is 0.326 e. The fourth-order valence-electron chi connectivity index (χ4n) is 3.04. The van der Waals surface area contributed by atoms with Crippen LogP contribution in [0.2, 0.25) is 0 Å². The summed E-state index contributed by atoms with van der Waals surface area (Å²) in [6, 6.07) is 0. The van der Waals surface area contributed by atoms with E-state index in [1.54, 1.807) is 0 Å². The van der Waals surface area contributed by atoms with Gasteiger partial charge in [0.15, 0.2) is 0 Å². The van der Waals surface area contributed by atoms with E-state index < -0.39 is 0 Å². The molecule has 0 spiro atoms. The van der Waals surface area contributed by atoms with Crippen LogP contribution in [0.1, 0.15) is 64.2 Å². The van der Waals surface area contributed by atoms with Crippen molar-refractivity contribution in [2.75, 3.05) is 0 Å². The van der Waals surface area contributed by atoms with Crippen molar-refractivity contribution in [1.82, 2.24) is 0 Å². The third-order valence-corrected chi connectivity index (χ3v) is 3.91. The summed E-state index contributed by atoms with van der Waals surface area (Å²) in [6.45, 7) is 0. The Kier molecular flexibility index (Phi) is 7.77. The van der Waals surface area contributed by atoms with Crippen LogP contribution in [-0.2, 0) is 32.7 Å². The zero-order chi connectivity index (χ0) is 9.64. The maximum Gasteiger partial charge on any atom is 0 e. The van der Waals surface area contributed by atoms with E-state index in [9.17, 15) is 0 Å². The molecule has 15 heavy (non-hydrogen) atoms. The summed E-state index contributed by atoms with van der Waals surface area (Å²) in [5.41, 5.74) is 0. The molecule has 0 bridgehead atoms. The minimum Gasteiger partial charge on any atom is -0.326 e. The summed E-state index contributed by atoms with van der Waals surface area (Å²) in [4.78, 5) is 0. The van der Waals surface area contributed by atoms with Crippen LogP contribution in [0, 0.1) is 24.7 Å². The van der Waals surface area contributed by atoms with Gasteiger partial charge in [0.1, 0.15) is 0 Å². The molecule has 85 valence electrons. The van der Waals surface area contributed by atoms with Crippen molar-refractivity contribution in [1.29, 1.82) is 0 Å². The van der Waals surface area contributed by atoms with Gasteiger partial charge in [0.25, 0.3) is 0 Å². The number of hydrogen-bond acceptors (Lipinski definition) is 0. The first-order valence-electron chi connectivity index (χ1n) is 6.62.